The van der Waals surface area contributed by atoms with Crippen molar-refractivity contribution in [2.45, 2.75) is 19.4 Å². The lowest BCUT2D eigenvalue weighted by Gasteiger charge is -2.06. The number of hydrogen-bond donors (Lipinski definition) is 2. The molecule has 1 aromatic carbocycles. The smallest absolute Gasteiger partial charge is 0.271 e. The number of non-ortho nitro benzene ring substituents is 1. The SMILES string of the molecule is O=[N+]([O-])c1ccc2c(c1)nc(CCCO)n2CCO. The number of rotatable bonds is 6. The molecule has 0 fully saturated rings. The van der Waals surface area contributed by atoms with Crippen molar-refractivity contribution in [1.82, 2.24) is 9.55 Å². The second-order valence-corrected chi connectivity index (χ2v) is 4.16. The zero-order valence-corrected chi connectivity index (χ0v) is 10.3. The largest absolute Gasteiger partial charge is 0.396 e. The predicted octanol–water partition coefficient (Wildman–Crippen LogP) is 0.862. The molecule has 2 N–H and O–H groups in total. The molecule has 0 amide bonds. The second-order valence-electron chi connectivity index (χ2n) is 4.16. The molecule has 1 aromatic heterocycles. The molecule has 102 valence electrons. The molecular weight excluding hydrogens is 250 g/mol. The highest BCUT2D eigenvalue weighted by molar-refractivity contribution is 5.78. The summed E-state index contributed by atoms with van der Waals surface area (Å²) in [4.78, 5) is 14.6. The van der Waals surface area contributed by atoms with E-state index in [0.717, 1.165) is 11.3 Å². The van der Waals surface area contributed by atoms with E-state index in [1.165, 1.54) is 12.1 Å². The van der Waals surface area contributed by atoms with E-state index in [9.17, 15) is 10.1 Å². The maximum absolute atomic E-state index is 10.7. The number of fused-ring (bicyclic) bond motifs is 1. The number of nitro benzene ring substituents is 1. The van der Waals surface area contributed by atoms with Crippen LogP contribution >= 0.6 is 0 Å². The molecule has 0 atom stereocenters. The van der Waals surface area contributed by atoms with Crippen molar-refractivity contribution in [2.75, 3.05) is 13.2 Å². The minimum atomic E-state index is -0.460. The molecule has 0 bridgehead atoms. The normalized spacial score (nSPS) is 11.1. The number of aliphatic hydroxyl groups excluding tert-OH is 2. The van der Waals surface area contributed by atoms with Crippen LogP contribution in [0.25, 0.3) is 11.0 Å². The molecular formula is C12H15N3O4. The number of aliphatic hydroxyl groups is 2. The van der Waals surface area contributed by atoms with Gasteiger partial charge in [-0.05, 0) is 12.5 Å². The first-order chi connectivity index (χ1) is 9.17. The molecule has 7 nitrogen and oxygen atoms in total. The number of hydrogen-bond acceptors (Lipinski definition) is 5. The van der Waals surface area contributed by atoms with Gasteiger partial charge in [-0.1, -0.05) is 0 Å². The topological polar surface area (TPSA) is 101 Å². The average molecular weight is 265 g/mol. The minimum Gasteiger partial charge on any atom is -0.396 e. The summed E-state index contributed by atoms with van der Waals surface area (Å²) in [5, 5.41) is 28.7. The Kier molecular flexibility index (Phi) is 4.08. The number of nitro groups is 1. The van der Waals surface area contributed by atoms with Gasteiger partial charge in [-0.25, -0.2) is 4.98 Å². The van der Waals surface area contributed by atoms with Crippen LogP contribution in [0.1, 0.15) is 12.2 Å². The van der Waals surface area contributed by atoms with Gasteiger partial charge in [-0.2, -0.15) is 0 Å². The van der Waals surface area contributed by atoms with Crippen LogP contribution in [0.5, 0.6) is 0 Å². The molecule has 0 aliphatic rings. The summed E-state index contributed by atoms with van der Waals surface area (Å²) in [6.07, 6.45) is 1.13. The lowest BCUT2D eigenvalue weighted by molar-refractivity contribution is -0.384. The predicted molar refractivity (Wildman–Crippen MR) is 68.9 cm³/mol. The van der Waals surface area contributed by atoms with Gasteiger partial charge in [0.1, 0.15) is 5.82 Å². The van der Waals surface area contributed by atoms with Gasteiger partial charge in [-0.15, -0.1) is 0 Å². The zero-order valence-electron chi connectivity index (χ0n) is 10.3. The first-order valence-electron chi connectivity index (χ1n) is 6.02. The summed E-state index contributed by atoms with van der Waals surface area (Å²) in [5.74, 6) is 0.721. The molecule has 0 spiro atoms. The van der Waals surface area contributed by atoms with Gasteiger partial charge >= 0.3 is 0 Å². The van der Waals surface area contributed by atoms with Gasteiger partial charge in [0.05, 0.1) is 22.6 Å². The molecule has 0 aliphatic heterocycles. The minimum absolute atomic E-state index is 0.00476. The summed E-state index contributed by atoms with van der Waals surface area (Å²) < 4.78 is 1.83. The molecule has 0 radical (unpaired) electrons. The van der Waals surface area contributed by atoms with Crippen molar-refractivity contribution in [2.24, 2.45) is 0 Å². The third-order valence-corrected chi connectivity index (χ3v) is 2.90. The fourth-order valence-corrected chi connectivity index (χ4v) is 2.06. The van der Waals surface area contributed by atoms with Crippen molar-refractivity contribution >= 4 is 16.7 Å². The fourth-order valence-electron chi connectivity index (χ4n) is 2.06. The summed E-state index contributed by atoms with van der Waals surface area (Å²) in [5.41, 5.74) is 1.29. The van der Waals surface area contributed by atoms with E-state index < -0.39 is 4.92 Å². The van der Waals surface area contributed by atoms with Crippen LogP contribution in [0.4, 0.5) is 5.69 Å². The molecule has 1 heterocycles. The van der Waals surface area contributed by atoms with Crippen LogP contribution in [-0.4, -0.2) is 37.9 Å². The monoisotopic (exact) mass is 265 g/mol. The Labute approximate surface area is 109 Å². The van der Waals surface area contributed by atoms with E-state index in [2.05, 4.69) is 4.98 Å². The number of aromatic nitrogens is 2. The van der Waals surface area contributed by atoms with E-state index in [1.54, 1.807) is 6.07 Å². The van der Waals surface area contributed by atoms with Gasteiger partial charge < -0.3 is 14.8 Å². The molecule has 7 heteroatoms. The third-order valence-electron chi connectivity index (χ3n) is 2.90. The van der Waals surface area contributed by atoms with Crippen molar-refractivity contribution in [3.63, 3.8) is 0 Å². The zero-order chi connectivity index (χ0) is 13.8. The Morgan fingerprint density at radius 2 is 2.11 bits per heavy atom. The van der Waals surface area contributed by atoms with Crippen molar-refractivity contribution in [3.05, 3.63) is 34.1 Å². The summed E-state index contributed by atoms with van der Waals surface area (Å²) in [6.45, 7) is 0.409. The Bertz CT molecular complexity index is 594. The second kappa shape index (κ2) is 5.77. The summed E-state index contributed by atoms with van der Waals surface area (Å²) in [6, 6.07) is 4.48. The average Bonchev–Trinajstić information content (AvgIpc) is 2.74. The van der Waals surface area contributed by atoms with Gasteiger partial charge in [-0.3, -0.25) is 10.1 Å². The molecule has 0 saturated heterocycles. The van der Waals surface area contributed by atoms with Crippen LogP contribution in [0.3, 0.4) is 0 Å². The van der Waals surface area contributed by atoms with E-state index in [-0.39, 0.29) is 18.9 Å². The van der Waals surface area contributed by atoms with E-state index >= 15 is 0 Å². The molecule has 0 aliphatic carbocycles. The summed E-state index contributed by atoms with van der Waals surface area (Å²) >= 11 is 0. The van der Waals surface area contributed by atoms with E-state index in [1.807, 2.05) is 4.57 Å². The van der Waals surface area contributed by atoms with Gasteiger partial charge in [0, 0.05) is 31.7 Å². The molecule has 2 rings (SSSR count). The van der Waals surface area contributed by atoms with Crippen molar-refractivity contribution in [3.8, 4) is 0 Å². The van der Waals surface area contributed by atoms with E-state index in [0.29, 0.717) is 24.9 Å². The first kappa shape index (κ1) is 13.4. The van der Waals surface area contributed by atoms with Crippen LogP contribution in [0.2, 0.25) is 0 Å². The van der Waals surface area contributed by atoms with Crippen LogP contribution < -0.4 is 0 Å². The Balaban J connectivity index is 2.48. The standard InChI is InChI=1S/C12H15N3O4/c16-6-1-2-12-13-10-8-9(15(18)19)3-4-11(10)14(12)5-7-17/h3-4,8,16-17H,1-2,5-7H2. The number of benzene rings is 1. The summed E-state index contributed by atoms with van der Waals surface area (Å²) in [7, 11) is 0. The van der Waals surface area contributed by atoms with Crippen LogP contribution in [0.15, 0.2) is 18.2 Å². The highest BCUT2D eigenvalue weighted by atomic mass is 16.6. The highest BCUT2D eigenvalue weighted by Gasteiger charge is 2.14. The maximum atomic E-state index is 10.7. The number of imidazole rings is 1. The van der Waals surface area contributed by atoms with Gasteiger partial charge in [0.2, 0.25) is 0 Å². The highest BCUT2D eigenvalue weighted by Crippen LogP contribution is 2.22. The van der Waals surface area contributed by atoms with Crippen molar-refractivity contribution in [1.29, 1.82) is 0 Å². The van der Waals surface area contributed by atoms with Gasteiger partial charge in [0.15, 0.2) is 0 Å². The molecule has 0 unspecified atom stereocenters. The van der Waals surface area contributed by atoms with Crippen molar-refractivity contribution < 1.29 is 15.1 Å². The Morgan fingerprint density at radius 3 is 2.74 bits per heavy atom. The number of aryl methyl sites for hydroxylation is 1. The Hall–Kier alpha value is -1.99. The fraction of sp³-hybridized carbons (Fsp3) is 0.417. The van der Waals surface area contributed by atoms with E-state index in [4.69, 9.17) is 10.2 Å². The van der Waals surface area contributed by atoms with Crippen LogP contribution in [-0.2, 0) is 13.0 Å². The van der Waals surface area contributed by atoms with Gasteiger partial charge in [0.25, 0.3) is 5.69 Å². The lowest BCUT2D eigenvalue weighted by Crippen LogP contribution is -2.07. The lowest BCUT2D eigenvalue weighted by atomic mass is 10.3. The first-order valence-corrected chi connectivity index (χ1v) is 6.02. The number of nitrogens with zero attached hydrogens (tertiary/aromatic N) is 3. The quantitative estimate of drug-likeness (QED) is 0.596. The van der Waals surface area contributed by atoms with Crippen LogP contribution in [0, 0.1) is 10.1 Å². The maximum Gasteiger partial charge on any atom is 0.271 e. The molecule has 0 saturated carbocycles. The third kappa shape index (κ3) is 2.72. The molecule has 19 heavy (non-hydrogen) atoms. The molecule has 2 aromatic rings. The Morgan fingerprint density at radius 1 is 1.32 bits per heavy atom.